The van der Waals surface area contributed by atoms with E-state index in [0.29, 0.717) is 43.9 Å². The molecule has 10 heteroatoms. The Bertz CT molecular complexity index is 1490. The Labute approximate surface area is 252 Å². The van der Waals surface area contributed by atoms with Crippen molar-refractivity contribution in [2.24, 2.45) is 0 Å². The molecule has 4 aromatic rings. The first-order chi connectivity index (χ1) is 20.8. The first-order valence-corrected chi connectivity index (χ1v) is 14.8. The number of amides is 2. The summed E-state index contributed by atoms with van der Waals surface area (Å²) < 4.78 is 6.08. The van der Waals surface area contributed by atoms with E-state index < -0.39 is 12.0 Å². The molecule has 0 saturated carbocycles. The molecule has 2 atom stereocenters. The molecule has 0 saturated heterocycles. The number of rotatable bonds is 11. The van der Waals surface area contributed by atoms with Gasteiger partial charge in [0.15, 0.2) is 5.82 Å². The molecule has 0 fully saturated rings. The lowest BCUT2D eigenvalue weighted by molar-refractivity contribution is -0.142. The average molecular weight is 582 g/mol. The molecule has 10 nitrogen and oxygen atoms in total. The van der Waals surface area contributed by atoms with Crippen molar-refractivity contribution in [1.82, 2.24) is 35.7 Å². The third kappa shape index (κ3) is 6.91. The topological polar surface area (TPSA) is 116 Å². The van der Waals surface area contributed by atoms with Crippen molar-refractivity contribution in [1.29, 1.82) is 0 Å². The van der Waals surface area contributed by atoms with E-state index in [4.69, 9.17) is 4.74 Å². The molecule has 1 aliphatic heterocycles. The number of benzene rings is 3. The van der Waals surface area contributed by atoms with Crippen LogP contribution in [0.1, 0.15) is 62.2 Å². The molecule has 1 aromatic heterocycles. The van der Waals surface area contributed by atoms with E-state index in [2.05, 4.69) is 58.5 Å². The molecule has 2 amide bonds. The highest BCUT2D eigenvalue weighted by Gasteiger charge is 2.40. The number of ether oxygens (including phenoxy) is 1. The Kier molecular flexibility index (Phi) is 9.46. The van der Waals surface area contributed by atoms with Gasteiger partial charge < -0.3 is 15.0 Å². The van der Waals surface area contributed by atoms with E-state index in [1.807, 2.05) is 78.9 Å². The molecule has 0 spiro atoms. The second-order valence-electron chi connectivity index (χ2n) is 11.3. The van der Waals surface area contributed by atoms with Crippen molar-refractivity contribution >= 4 is 11.8 Å². The quantitative estimate of drug-likeness (QED) is 0.268. The van der Waals surface area contributed by atoms with Gasteiger partial charge in [-0.1, -0.05) is 59.8 Å². The normalized spacial score (nSPS) is 15.4. The number of aromatic amines is 1. The number of hydrogen-bond acceptors (Lipinski definition) is 7. The van der Waals surface area contributed by atoms with Crippen LogP contribution in [0.5, 0.6) is 11.5 Å². The van der Waals surface area contributed by atoms with Crippen LogP contribution >= 0.6 is 0 Å². The molecule has 2 N–H and O–H groups in total. The molecule has 1 aliphatic rings. The highest BCUT2D eigenvalue weighted by molar-refractivity contribution is 5.93. The van der Waals surface area contributed by atoms with Crippen LogP contribution in [-0.2, 0) is 16.0 Å². The summed E-state index contributed by atoms with van der Waals surface area (Å²) >= 11 is 0. The van der Waals surface area contributed by atoms with E-state index in [-0.39, 0.29) is 17.6 Å². The van der Waals surface area contributed by atoms with Crippen LogP contribution in [0.15, 0.2) is 78.9 Å². The second-order valence-corrected chi connectivity index (χ2v) is 11.3. The summed E-state index contributed by atoms with van der Waals surface area (Å²) in [5.74, 6) is 0.386. The van der Waals surface area contributed by atoms with Gasteiger partial charge >= 0.3 is 0 Å². The average Bonchev–Trinajstić information content (AvgIpc) is 3.53. The van der Waals surface area contributed by atoms with Crippen LogP contribution in [0.2, 0.25) is 0 Å². The van der Waals surface area contributed by atoms with Gasteiger partial charge in [-0.2, -0.15) is 5.21 Å². The van der Waals surface area contributed by atoms with Gasteiger partial charge in [0, 0.05) is 31.7 Å². The molecule has 5 rings (SSSR count). The molecule has 2 unspecified atom stereocenters. The van der Waals surface area contributed by atoms with Crippen LogP contribution in [0.3, 0.4) is 0 Å². The van der Waals surface area contributed by atoms with Gasteiger partial charge in [0.05, 0.1) is 0 Å². The minimum Gasteiger partial charge on any atom is -0.457 e. The Balaban J connectivity index is 1.46. The maximum Gasteiger partial charge on any atom is 0.247 e. The highest BCUT2D eigenvalue weighted by Crippen LogP contribution is 2.36. The SMILES string of the molecule is CC(C)N(CCNC(=O)C1c2ccc(Oc3ccccc3)cc2CCN1C(=O)C(c1ccccc1)c1nn[nH]n1)C(C)C. The number of H-pyrrole nitrogens is 1. The van der Waals surface area contributed by atoms with E-state index in [1.165, 1.54) is 0 Å². The molecule has 0 radical (unpaired) electrons. The van der Waals surface area contributed by atoms with Crippen molar-refractivity contribution in [3.05, 3.63) is 101 Å². The van der Waals surface area contributed by atoms with Crippen molar-refractivity contribution in [2.75, 3.05) is 19.6 Å². The van der Waals surface area contributed by atoms with E-state index >= 15 is 0 Å². The van der Waals surface area contributed by atoms with Crippen molar-refractivity contribution < 1.29 is 14.3 Å². The minimum atomic E-state index is -0.827. The number of para-hydroxylation sites is 1. The van der Waals surface area contributed by atoms with Gasteiger partial charge in [0.1, 0.15) is 23.5 Å². The minimum absolute atomic E-state index is 0.224. The molecule has 0 bridgehead atoms. The van der Waals surface area contributed by atoms with E-state index in [0.717, 1.165) is 22.4 Å². The number of nitrogens with one attached hydrogen (secondary N) is 2. The highest BCUT2D eigenvalue weighted by atomic mass is 16.5. The second kappa shape index (κ2) is 13.6. The number of hydrogen-bond donors (Lipinski definition) is 2. The van der Waals surface area contributed by atoms with Crippen LogP contribution in [0, 0.1) is 0 Å². The van der Waals surface area contributed by atoms with Gasteiger partial charge in [-0.05, 0) is 75.1 Å². The van der Waals surface area contributed by atoms with Gasteiger partial charge in [0.25, 0.3) is 0 Å². The van der Waals surface area contributed by atoms with Crippen molar-refractivity contribution in [3.8, 4) is 11.5 Å². The summed E-state index contributed by atoms with van der Waals surface area (Å²) in [4.78, 5) is 32.4. The van der Waals surface area contributed by atoms with Crippen LogP contribution in [-0.4, -0.2) is 74.0 Å². The van der Waals surface area contributed by atoms with Crippen molar-refractivity contribution in [3.63, 3.8) is 0 Å². The molecule has 0 aliphatic carbocycles. The molecular weight excluding hydrogens is 542 g/mol. The van der Waals surface area contributed by atoms with Gasteiger partial charge in [-0.25, -0.2) is 0 Å². The lowest BCUT2D eigenvalue weighted by Crippen LogP contribution is -2.50. The third-order valence-corrected chi connectivity index (χ3v) is 7.85. The lowest BCUT2D eigenvalue weighted by atomic mass is 9.89. The van der Waals surface area contributed by atoms with Gasteiger partial charge in [-0.15, -0.1) is 10.2 Å². The van der Waals surface area contributed by atoms with E-state index in [9.17, 15) is 9.59 Å². The predicted molar refractivity (Wildman–Crippen MR) is 164 cm³/mol. The number of carbonyl (C=O) groups is 2. The maximum absolute atomic E-state index is 14.4. The standard InChI is InChI=1S/C33H39N7O3/c1-22(2)39(23(3)4)20-18-34-32(41)30-28-16-15-27(43-26-13-9-6-10-14-26)21-25(28)17-19-40(30)33(42)29(31-35-37-38-36-31)24-11-7-5-8-12-24/h5-16,21-23,29-30H,17-20H2,1-4H3,(H,34,41)(H,35,36,37,38). The molecule has 3 aromatic carbocycles. The Morgan fingerprint density at radius 2 is 1.67 bits per heavy atom. The number of aromatic nitrogens is 4. The molecule has 2 heterocycles. The fraction of sp³-hybridized carbons (Fsp3) is 0.364. The lowest BCUT2D eigenvalue weighted by Gasteiger charge is -2.38. The summed E-state index contributed by atoms with van der Waals surface area (Å²) in [7, 11) is 0. The fourth-order valence-electron chi connectivity index (χ4n) is 5.83. The molecule has 43 heavy (non-hydrogen) atoms. The van der Waals surface area contributed by atoms with Gasteiger partial charge in [-0.3, -0.25) is 14.5 Å². The summed E-state index contributed by atoms with van der Waals surface area (Å²) in [6.45, 7) is 10.1. The first kappa shape index (κ1) is 29.9. The summed E-state index contributed by atoms with van der Waals surface area (Å²) in [5.41, 5.74) is 2.48. The van der Waals surface area contributed by atoms with Gasteiger partial charge in [0.2, 0.25) is 11.8 Å². The van der Waals surface area contributed by atoms with Crippen molar-refractivity contribution in [2.45, 2.75) is 58.2 Å². The molecule has 224 valence electrons. The zero-order valence-corrected chi connectivity index (χ0v) is 25.1. The zero-order chi connectivity index (χ0) is 30.3. The summed E-state index contributed by atoms with van der Waals surface area (Å²) in [6, 6.07) is 24.5. The summed E-state index contributed by atoms with van der Waals surface area (Å²) in [5, 5.41) is 17.6. The number of nitrogens with zero attached hydrogens (tertiary/aromatic N) is 5. The van der Waals surface area contributed by atoms with E-state index in [1.54, 1.807) is 4.90 Å². The summed E-state index contributed by atoms with van der Waals surface area (Å²) in [6.07, 6.45) is 0.569. The molecular formula is C33H39N7O3. The smallest absolute Gasteiger partial charge is 0.247 e. The number of tetrazole rings is 1. The monoisotopic (exact) mass is 581 g/mol. The Morgan fingerprint density at radius 3 is 2.33 bits per heavy atom. The predicted octanol–water partition coefficient (Wildman–Crippen LogP) is 4.48. The van der Waals surface area contributed by atoms with Crippen LogP contribution in [0.25, 0.3) is 0 Å². The van der Waals surface area contributed by atoms with Crippen LogP contribution < -0.4 is 10.1 Å². The Hall–Kier alpha value is -4.57. The maximum atomic E-state index is 14.4. The number of fused-ring (bicyclic) bond motifs is 1. The number of carbonyl (C=O) groups excluding carboxylic acids is 2. The largest absolute Gasteiger partial charge is 0.457 e. The Morgan fingerprint density at radius 1 is 0.977 bits per heavy atom. The fourth-order valence-corrected chi connectivity index (χ4v) is 5.83. The third-order valence-electron chi connectivity index (χ3n) is 7.85. The zero-order valence-electron chi connectivity index (χ0n) is 25.1. The van der Waals surface area contributed by atoms with Crippen LogP contribution in [0.4, 0.5) is 0 Å². The first-order valence-electron chi connectivity index (χ1n) is 14.8.